The first-order valence-electron chi connectivity index (χ1n) is 6.85. The monoisotopic (exact) mass is 271 g/mol. The molecule has 1 fully saturated rings. The van der Waals surface area contributed by atoms with Crippen LogP contribution in [-0.4, -0.2) is 30.0 Å². The fraction of sp³-hybridized carbons (Fsp3) is 0.333. The van der Waals surface area contributed by atoms with Crippen LogP contribution in [0.25, 0.3) is 11.5 Å². The molecule has 1 atom stereocenters. The second-order valence-electron chi connectivity index (χ2n) is 4.92. The van der Waals surface area contributed by atoms with Crippen LogP contribution in [0.1, 0.15) is 23.3 Å². The lowest BCUT2D eigenvalue weighted by Crippen LogP contribution is -2.45. The normalized spacial score (nSPS) is 18.7. The highest BCUT2D eigenvalue weighted by molar-refractivity contribution is 5.92. The molecule has 1 aliphatic heterocycles. The molecule has 1 aromatic carbocycles. The Morgan fingerprint density at radius 2 is 2.20 bits per heavy atom. The van der Waals surface area contributed by atoms with Gasteiger partial charge >= 0.3 is 0 Å². The average molecular weight is 271 g/mol. The maximum Gasteiger partial charge on any atom is 0.273 e. The predicted octanol–water partition coefficient (Wildman–Crippen LogP) is 1.82. The maximum atomic E-state index is 12.1. The van der Waals surface area contributed by atoms with Crippen molar-refractivity contribution in [3.63, 3.8) is 0 Å². The lowest BCUT2D eigenvalue weighted by atomic mass is 10.1. The minimum absolute atomic E-state index is 0.174. The molecule has 3 rings (SSSR count). The van der Waals surface area contributed by atoms with E-state index in [1.807, 2.05) is 30.3 Å². The lowest BCUT2D eigenvalue weighted by molar-refractivity contribution is 0.0925. The summed E-state index contributed by atoms with van der Waals surface area (Å²) in [4.78, 5) is 16.3. The van der Waals surface area contributed by atoms with Gasteiger partial charge in [0.1, 0.15) is 6.26 Å². The first-order valence-corrected chi connectivity index (χ1v) is 6.85. The number of amides is 1. The van der Waals surface area contributed by atoms with Crippen LogP contribution < -0.4 is 10.6 Å². The Bertz CT molecular complexity index is 574. The predicted molar refractivity (Wildman–Crippen MR) is 75.3 cm³/mol. The van der Waals surface area contributed by atoms with Gasteiger partial charge in [0, 0.05) is 18.2 Å². The fourth-order valence-electron chi connectivity index (χ4n) is 2.33. The fourth-order valence-corrected chi connectivity index (χ4v) is 2.33. The number of benzene rings is 1. The number of hydrogen-bond donors (Lipinski definition) is 2. The number of rotatable bonds is 3. The second-order valence-corrected chi connectivity index (χ2v) is 4.92. The molecule has 0 aliphatic carbocycles. The van der Waals surface area contributed by atoms with Crippen molar-refractivity contribution in [2.45, 2.75) is 18.9 Å². The number of nitrogens with one attached hydrogen (secondary N) is 2. The van der Waals surface area contributed by atoms with E-state index in [1.165, 1.54) is 6.26 Å². The van der Waals surface area contributed by atoms with E-state index in [9.17, 15) is 4.79 Å². The number of piperidine rings is 1. The highest BCUT2D eigenvalue weighted by Crippen LogP contribution is 2.18. The van der Waals surface area contributed by atoms with Gasteiger partial charge in [-0.2, -0.15) is 0 Å². The van der Waals surface area contributed by atoms with Crippen LogP contribution in [0.5, 0.6) is 0 Å². The molecule has 0 radical (unpaired) electrons. The van der Waals surface area contributed by atoms with E-state index in [1.54, 1.807) is 0 Å². The number of carbonyl (C=O) groups is 1. The van der Waals surface area contributed by atoms with Crippen LogP contribution in [0.3, 0.4) is 0 Å². The molecule has 1 amide bonds. The maximum absolute atomic E-state index is 12.1. The molecule has 1 aromatic heterocycles. The third-order valence-electron chi connectivity index (χ3n) is 3.39. The zero-order valence-electron chi connectivity index (χ0n) is 11.1. The summed E-state index contributed by atoms with van der Waals surface area (Å²) in [6, 6.07) is 9.72. The number of carbonyl (C=O) groups excluding carboxylic acids is 1. The van der Waals surface area contributed by atoms with Gasteiger partial charge in [-0.3, -0.25) is 4.79 Å². The van der Waals surface area contributed by atoms with Gasteiger partial charge in [0.05, 0.1) is 0 Å². The van der Waals surface area contributed by atoms with Crippen LogP contribution in [0, 0.1) is 0 Å². The molecule has 0 spiro atoms. The van der Waals surface area contributed by atoms with Crippen LogP contribution in [0.15, 0.2) is 41.0 Å². The molecule has 0 unspecified atom stereocenters. The van der Waals surface area contributed by atoms with Crippen molar-refractivity contribution in [2.24, 2.45) is 0 Å². The molecule has 2 aromatic rings. The van der Waals surface area contributed by atoms with Crippen LogP contribution in [0.4, 0.5) is 0 Å². The van der Waals surface area contributed by atoms with Crippen LogP contribution in [-0.2, 0) is 0 Å². The molecular weight excluding hydrogens is 254 g/mol. The smallest absolute Gasteiger partial charge is 0.273 e. The van der Waals surface area contributed by atoms with Crippen LogP contribution >= 0.6 is 0 Å². The molecule has 2 heterocycles. The van der Waals surface area contributed by atoms with E-state index >= 15 is 0 Å². The Balaban J connectivity index is 1.68. The van der Waals surface area contributed by atoms with E-state index in [0.717, 1.165) is 31.5 Å². The number of hydrogen-bond acceptors (Lipinski definition) is 4. The molecule has 5 nitrogen and oxygen atoms in total. The summed E-state index contributed by atoms with van der Waals surface area (Å²) >= 11 is 0. The van der Waals surface area contributed by atoms with E-state index < -0.39 is 0 Å². The van der Waals surface area contributed by atoms with Gasteiger partial charge < -0.3 is 15.1 Å². The number of nitrogens with zero attached hydrogens (tertiary/aromatic N) is 1. The molecule has 5 heteroatoms. The quantitative estimate of drug-likeness (QED) is 0.893. The van der Waals surface area contributed by atoms with Gasteiger partial charge in [-0.15, -0.1) is 0 Å². The highest BCUT2D eigenvalue weighted by Gasteiger charge is 2.19. The first-order chi connectivity index (χ1) is 9.83. The van der Waals surface area contributed by atoms with Gasteiger partial charge in [-0.05, 0) is 31.5 Å². The highest BCUT2D eigenvalue weighted by atomic mass is 16.3. The molecule has 2 N–H and O–H groups in total. The third-order valence-corrected chi connectivity index (χ3v) is 3.39. The van der Waals surface area contributed by atoms with E-state index in [2.05, 4.69) is 15.6 Å². The first kappa shape index (κ1) is 12.9. The number of aromatic nitrogens is 1. The summed E-state index contributed by atoms with van der Waals surface area (Å²) < 4.78 is 5.37. The molecule has 20 heavy (non-hydrogen) atoms. The average Bonchev–Trinajstić information content (AvgIpc) is 2.99. The van der Waals surface area contributed by atoms with Crippen molar-refractivity contribution in [3.05, 3.63) is 42.3 Å². The van der Waals surface area contributed by atoms with Crippen molar-refractivity contribution in [1.29, 1.82) is 0 Å². The van der Waals surface area contributed by atoms with Crippen molar-refractivity contribution in [3.8, 4) is 11.5 Å². The minimum atomic E-state index is -0.176. The van der Waals surface area contributed by atoms with E-state index in [4.69, 9.17) is 4.42 Å². The minimum Gasteiger partial charge on any atom is -0.444 e. The van der Waals surface area contributed by atoms with Crippen molar-refractivity contribution >= 4 is 5.91 Å². The summed E-state index contributed by atoms with van der Waals surface area (Å²) in [5.41, 5.74) is 1.19. The Hall–Kier alpha value is -2.14. The van der Waals surface area contributed by atoms with Gasteiger partial charge in [-0.25, -0.2) is 4.98 Å². The van der Waals surface area contributed by atoms with Gasteiger partial charge in [0.25, 0.3) is 5.91 Å². The largest absolute Gasteiger partial charge is 0.444 e. The Morgan fingerprint density at radius 1 is 1.35 bits per heavy atom. The third kappa shape index (κ3) is 2.88. The van der Waals surface area contributed by atoms with Crippen molar-refractivity contribution in [2.75, 3.05) is 13.1 Å². The van der Waals surface area contributed by atoms with Gasteiger partial charge in [-0.1, -0.05) is 18.2 Å². The topological polar surface area (TPSA) is 67.2 Å². The van der Waals surface area contributed by atoms with Crippen LogP contribution in [0.2, 0.25) is 0 Å². The molecule has 1 aliphatic rings. The zero-order valence-corrected chi connectivity index (χ0v) is 11.1. The summed E-state index contributed by atoms with van der Waals surface area (Å²) in [5, 5.41) is 6.24. The van der Waals surface area contributed by atoms with E-state index in [-0.39, 0.29) is 11.9 Å². The SMILES string of the molecule is O=C(N[C@H]1CCCNC1)c1coc(-c2ccccc2)n1. The molecule has 0 saturated carbocycles. The van der Waals surface area contributed by atoms with Gasteiger partial charge in [0.2, 0.25) is 5.89 Å². The Kier molecular flexibility index (Phi) is 3.78. The Morgan fingerprint density at radius 3 is 2.95 bits per heavy atom. The summed E-state index contributed by atoms with van der Waals surface area (Å²) in [6.45, 7) is 1.84. The van der Waals surface area contributed by atoms with Gasteiger partial charge in [0.15, 0.2) is 5.69 Å². The number of oxazole rings is 1. The molecule has 0 bridgehead atoms. The van der Waals surface area contributed by atoms with Crippen molar-refractivity contribution in [1.82, 2.24) is 15.6 Å². The van der Waals surface area contributed by atoms with Crippen molar-refractivity contribution < 1.29 is 9.21 Å². The van der Waals surface area contributed by atoms with E-state index in [0.29, 0.717) is 11.6 Å². The molecule has 104 valence electrons. The molecule has 1 saturated heterocycles. The summed E-state index contributed by atoms with van der Waals surface area (Å²) in [5.74, 6) is 0.294. The second kappa shape index (κ2) is 5.88. The zero-order chi connectivity index (χ0) is 13.8. The summed E-state index contributed by atoms with van der Waals surface area (Å²) in [7, 11) is 0. The standard InChI is InChI=1S/C15H17N3O2/c19-14(17-12-7-4-8-16-9-12)13-10-20-15(18-13)11-5-2-1-3-6-11/h1-3,5-6,10,12,16H,4,7-9H2,(H,17,19)/t12-/m0/s1. The Labute approximate surface area is 117 Å². The summed E-state index contributed by atoms with van der Waals surface area (Å²) in [6.07, 6.45) is 3.50. The lowest BCUT2D eigenvalue weighted by Gasteiger charge is -2.23. The molecular formula is C15H17N3O2.